The van der Waals surface area contributed by atoms with Crippen LogP contribution >= 0.6 is 15.9 Å². The Bertz CT molecular complexity index is 352. The molecule has 0 saturated carbocycles. The Hall–Kier alpha value is -0.900. The minimum Gasteiger partial charge on any atom is -0.493 e. The Morgan fingerprint density at radius 2 is 2.21 bits per heavy atom. The van der Waals surface area contributed by atoms with Crippen molar-refractivity contribution in [3.05, 3.63) is 28.0 Å². The Labute approximate surface area is 90.2 Å². The zero-order valence-electron chi connectivity index (χ0n) is 7.88. The number of aldehydes is 1. The number of halogens is 2. The van der Waals surface area contributed by atoms with Crippen molar-refractivity contribution in [2.45, 2.75) is 12.8 Å². The van der Waals surface area contributed by atoms with Crippen LogP contribution in [-0.2, 0) is 4.79 Å². The molecule has 76 valence electrons. The van der Waals surface area contributed by atoms with E-state index in [9.17, 15) is 9.18 Å². The van der Waals surface area contributed by atoms with Gasteiger partial charge in [-0.05, 0) is 12.1 Å². The van der Waals surface area contributed by atoms with E-state index < -0.39 is 5.82 Å². The highest BCUT2D eigenvalue weighted by molar-refractivity contribution is 9.10. The molecule has 14 heavy (non-hydrogen) atoms. The molecule has 0 heterocycles. The molecule has 1 rings (SSSR count). The SMILES string of the molecule is COc1c(F)cc(Br)cc1C(C)C=O. The Morgan fingerprint density at radius 1 is 1.57 bits per heavy atom. The zero-order valence-corrected chi connectivity index (χ0v) is 9.47. The summed E-state index contributed by atoms with van der Waals surface area (Å²) >= 11 is 3.16. The van der Waals surface area contributed by atoms with Crippen molar-refractivity contribution >= 4 is 22.2 Å². The minimum absolute atomic E-state index is 0.132. The molecule has 0 radical (unpaired) electrons. The fourth-order valence-electron chi connectivity index (χ4n) is 1.21. The summed E-state index contributed by atoms with van der Waals surface area (Å²) in [5, 5.41) is 0. The quantitative estimate of drug-likeness (QED) is 0.782. The Balaban J connectivity index is 3.31. The van der Waals surface area contributed by atoms with Crippen molar-refractivity contribution in [1.29, 1.82) is 0 Å². The lowest BCUT2D eigenvalue weighted by Gasteiger charge is -2.11. The summed E-state index contributed by atoms with van der Waals surface area (Å²) in [5.74, 6) is -0.713. The average Bonchev–Trinajstić information content (AvgIpc) is 2.15. The summed E-state index contributed by atoms with van der Waals surface area (Å²) in [7, 11) is 1.38. The molecule has 0 aliphatic carbocycles. The van der Waals surface area contributed by atoms with Gasteiger partial charge in [-0.2, -0.15) is 0 Å². The fraction of sp³-hybridized carbons (Fsp3) is 0.300. The van der Waals surface area contributed by atoms with Crippen LogP contribution in [0, 0.1) is 5.82 Å². The van der Waals surface area contributed by atoms with Crippen LogP contribution in [0.3, 0.4) is 0 Å². The number of ether oxygens (including phenoxy) is 1. The van der Waals surface area contributed by atoms with Gasteiger partial charge in [0.2, 0.25) is 0 Å². The molecule has 1 aromatic rings. The van der Waals surface area contributed by atoms with Crippen LogP contribution in [-0.4, -0.2) is 13.4 Å². The minimum atomic E-state index is -0.467. The largest absolute Gasteiger partial charge is 0.493 e. The molecule has 0 aliphatic rings. The van der Waals surface area contributed by atoms with Crippen molar-refractivity contribution < 1.29 is 13.9 Å². The fourth-order valence-corrected chi connectivity index (χ4v) is 1.65. The summed E-state index contributed by atoms with van der Waals surface area (Å²) in [6.45, 7) is 1.69. The molecule has 0 saturated heterocycles. The van der Waals surface area contributed by atoms with E-state index in [0.29, 0.717) is 10.0 Å². The van der Waals surface area contributed by atoms with Crippen molar-refractivity contribution in [3.63, 3.8) is 0 Å². The number of methoxy groups -OCH3 is 1. The summed E-state index contributed by atoms with van der Waals surface area (Å²) in [4.78, 5) is 10.6. The normalized spacial score (nSPS) is 12.3. The third-order valence-corrected chi connectivity index (χ3v) is 2.39. The van der Waals surface area contributed by atoms with Gasteiger partial charge in [-0.1, -0.05) is 22.9 Å². The predicted octanol–water partition coefficient (Wildman–Crippen LogP) is 2.90. The van der Waals surface area contributed by atoms with Gasteiger partial charge in [0.1, 0.15) is 6.29 Å². The van der Waals surface area contributed by atoms with Gasteiger partial charge in [0.15, 0.2) is 11.6 Å². The van der Waals surface area contributed by atoms with Gasteiger partial charge in [-0.25, -0.2) is 4.39 Å². The monoisotopic (exact) mass is 260 g/mol. The van der Waals surface area contributed by atoms with E-state index in [1.165, 1.54) is 13.2 Å². The summed E-state index contributed by atoms with van der Waals surface area (Å²) in [6, 6.07) is 2.99. The molecule has 0 fully saturated rings. The first-order valence-electron chi connectivity index (χ1n) is 4.08. The van der Waals surface area contributed by atoms with Crippen LogP contribution in [0.25, 0.3) is 0 Å². The van der Waals surface area contributed by atoms with Crippen LogP contribution in [0.5, 0.6) is 5.75 Å². The number of benzene rings is 1. The van der Waals surface area contributed by atoms with Crippen LogP contribution in [0.2, 0.25) is 0 Å². The number of rotatable bonds is 3. The maximum absolute atomic E-state index is 13.3. The molecule has 0 aliphatic heterocycles. The second kappa shape index (κ2) is 4.55. The highest BCUT2D eigenvalue weighted by Gasteiger charge is 2.15. The van der Waals surface area contributed by atoms with Crippen LogP contribution in [0.1, 0.15) is 18.4 Å². The van der Waals surface area contributed by atoms with E-state index in [1.54, 1.807) is 13.0 Å². The molecule has 1 aromatic carbocycles. The maximum Gasteiger partial charge on any atom is 0.166 e. The molecule has 0 spiro atoms. The first-order chi connectivity index (χ1) is 6.60. The van der Waals surface area contributed by atoms with Gasteiger partial charge in [-0.15, -0.1) is 0 Å². The van der Waals surface area contributed by atoms with E-state index in [0.717, 1.165) is 6.29 Å². The van der Waals surface area contributed by atoms with Gasteiger partial charge >= 0.3 is 0 Å². The smallest absolute Gasteiger partial charge is 0.166 e. The highest BCUT2D eigenvalue weighted by Crippen LogP contribution is 2.31. The third kappa shape index (κ3) is 2.12. The van der Waals surface area contributed by atoms with Gasteiger partial charge in [0, 0.05) is 16.0 Å². The van der Waals surface area contributed by atoms with E-state index in [2.05, 4.69) is 15.9 Å². The highest BCUT2D eigenvalue weighted by atomic mass is 79.9. The standard InChI is InChI=1S/C10H10BrFO2/c1-6(5-13)8-3-7(11)4-9(12)10(8)14-2/h3-6H,1-2H3. The van der Waals surface area contributed by atoms with Gasteiger partial charge in [-0.3, -0.25) is 0 Å². The topological polar surface area (TPSA) is 26.3 Å². The molecule has 2 nitrogen and oxygen atoms in total. The summed E-state index contributed by atoms with van der Waals surface area (Å²) in [6.07, 6.45) is 0.754. The molecular formula is C10H10BrFO2. The number of hydrogen-bond donors (Lipinski definition) is 0. The molecule has 0 aromatic heterocycles. The van der Waals surface area contributed by atoms with E-state index in [-0.39, 0.29) is 11.7 Å². The van der Waals surface area contributed by atoms with Crippen LogP contribution < -0.4 is 4.74 Å². The third-order valence-electron chi connectivity index (χ3n) is 1.94. The molecule has 0 N–H and O–H groups in total. The number of carbonyl (C=O) groups excluding carboxylic acids is 1. The van der Waals surface area contributed by atoms with Crippen LogP contribution in [0.4, 0.5) is 4.39 Å². The van der Waals surface area contributed by atoms with E-state index in [4.69, 9.17) is 4.74 Å². The predicted molar refractivity (Wildman–Crippen MR) is 55.1 cm³/mol. The molecule has 1 atom stereocenters. The van der Waals surface area contributed by atoms with Crippen LogP contribution in [0.15, 0.2) is 16.6 Å². The second-order valence-electron chi connectivity index (χ2n) is 2.93. The summed E-state index contributed by atoms with van der Waals surface area (Å²) in [5.41, 5.74) is 0.550. The first-order valence-corrected chi connectivity index (χ1v) is 4.87. The van der Waals surface area contributed by atoms with Gasteiger partial charge in [0.25, 0.3) is 0 Å². The first kappa shape index (κ1) is 11.2. The van der Waals surface area contributed by atoms with Crippen molar-refractivity contribution in [2.24, 2.45) is 0 Å². The van der Waals surface area contributed by atoms with Crippen molar-refractivity contribution in [3.8, 4) is 5.75 Å². The molecule has 0 amide bonds. The van der Waals surface area contributed by atoms with E-state index in [1.807, 2.05) is 0 Å². The number of carbonyl (C=O) groups is 1. The van der Waals surface area contributed by atoms with E-state index >= 15 is 0 Å². The molecular weight excluding hydrogens is 251 g/mol. The Kier molecular flexibility index (Phi) is 3.63. The average molecular weight is 261 g/mol. The van der Waals surface area contributed by atoms with Crippen molar-refractivity contribution in [1.82, 2.24) is 0 Å². The Morgan fingerprint density at radius 3 is 2.71 bits per heavy atom. The number of hydrogen-bond acceptors (Lipinski definition) is 2. The zero-order chi connectivity index (χ0) is 10.7. The van der Waals surface area contributed by atoms with Gasteiger partial charge in [0.05, 0.1) is 7.11 Å². The van der Waals surface area contributed by atoms with Crippen molar-refractivity contribution in [2.75, 3.05) is 7.11 Å². The van der Waals surface area contributed by atoms with Gasteiger partial charge < -0.3 is 9.53 Å². The second-order valence-corrected chi connectivity index (χ2v) is 3.85. The molecule has 0 bridgehead atoms. The molecule has 4 heteroatoms. The lowest BCUT2D eigenvalue weighted by Crippen LogP contribution is -2.01. The maximum atomic E-state index is 13.3. The lowest BCUT2D eigenvalue weighted by molar-refractivity contribution is -0.108. The lowest BCUT2D eigenvalue weighted by atomic mass is 10.0. The summed E-state index contributed by atoms with van der Waals surface area (Å²) < 4.78 is 18.8. The molecule has 1 unspecified atom stereocenters.